The highest BCUT2D eigenvalue weighted by atomic mass is 35.5. The van der Waals surface area contributed by atoms with E-state index in [-0.39, 0.29) is 22.6 Å². The van der Waals surface area contributed by atoms with Crippen LogP contribution in [0.1, 0.15) is 36.1 Å². The minimum absolute atomic E-state index is 0.0126. The van der Waals surface area contributed by atoms with Crippen molar-refractivity contribution in [2.75, 3.05) is 20.8 Å². The van der Waals surface area contributed by atoms with Crippen LogP contribution in [0.15, 0.2) is 42.0 Å². The van der Waals surface area contributed by atoms with Gasteiger partial charge in [0.25, 0.3) is 11.7 Å². The SMILES string of the molecule is CCCN1C(=O)C(=O)/C(=C(/O)c2cc(C)cc(Cl)c2OC)C1c1ccc(OC)cc1. The standard InChI is InChI=1S/C23H24ClNO5/c1-5-10-25-19(14-6-8-15(29-3)9-7-14)18(21(27)23(25)28)20(26)16-11-13(2)12-17(24)22(16)30-4/h6-9,11-12,19,26H,5,10H2,1-4H3/b20-18+. The second kappa shape index (κ2) is 8.79. The zero-order valence-electron chi connectivity index (χ0n) is 17.4. The number of halogens is 1. The minimum Gasteiger partial charge on any atom is -0.507 e. The number of aliphatic hydroxyl groups is 1. The molecule has 1 saturated heterocycles. The van der Waals surface area contributed by atoms with Gasteiger partial charge in [-0.3, -0.25) is 9.59 Å². The van der Waals surface area contributed by atoms with Gasteiger partial charge in [0.2, 0.25) is 0 Å². The number of rotatable bonds is 6. The summed E-state index contributed by atoms with van der Waals surface area (Å²) >= 11 is 6.28. The fourth-order valence-electron chi connectivity index (χ4n) is 3.74. The lowest BCUT2D eigenvalue weighted by Crippen LogP contribution is -2.30. The van der Waals surface area contributed by atoms with E-state index in [2.05, 4.69) is 0 Å². The summed E-state index contributed by atoms with van der Waals surface area (Å²) in [4.78, 5) is 27.2. The molecule has 30 heavy (non-hydrogen) atoms. The van der Waals surface area contributed by atoms with Crippen molar-refractivity contribution >= 4 is 29.1 Å². The molecule has 158 valence electrons. The number of ether oxygens (including phenoxy) is 2. The number of hydrogen-bond acceptors (Lipinski definition) is 5. The number of carbonyl (C=O) groups excluding carboxylic acids is 2. The average Bonchev–Trinajstić information content (AvgIpc) is 2.98. The molecule has 1 aliphatic rings. The van der Waals surface area contributed by atoms with Crippen molar-refractivity contribution in [3.63, 3.8) is 0 Å². The molecule has 1 fully saturated rings. The van der Waals surface area contributed by atoms with E-state index in [4.69, 9.17) is 21.1 Å². The van der Waals surface area contributed by atoms with Crippen LogP contribution in [0.3, 0.4) is 0 Å². The van der Waals surface area contributed by atoms with Gasteiger partial charge in [-0.15, -0.1) is 0 Å². The van der Waals surface area contributed by atoms with Gasteiger partial charge in [-0.25, -0.2) is 0 Å². The number of amides is 1. The van der Waals surface area contributed by atoms with Gasteiger partial charge in [-0.05, 0) is 48.7 Å². The van der Waals surface area contributed by atoms with Crippen LogP contribution < -0.4 is 9.47 Å². The second-order valence-corrected chi connectivity index (χ2v) is 7.50. The first-order valence-electron chi connectivity index (χ1n) is 9.60. The number of Topliss-reactive ketones (excluding diaryl/α,β-unsaturated/α-hetero) is 1. The molecule has 1 aliphatic heterocycles. The quantitative estimate of drug-likeness (QED) is 0.415. The third-order valence-electron chi connectivity index (χ3n) is 5.08. The van der Waals surface area contributed by atoms with Crippen molar-refractivity contribution in [3.05, 3.63) is 63.7 Å². The molecule has 2 aromatic carbocycles. The van der Waals surface area contributed by atoms with Gasteiger partial charge in [0.15, 0.2) is 0 Å². The molecule has 1 atom stereocenters. The third kappa shape index (κ3) is 3.75. The summed E-state index contributed by atoms with van der Waals surface area (Å²) < 4.78 is 10.6. The zero-order valence-corrected chi connectivity index (χ0v) is 18.1. The molecule has 1 N–H and O–H groups in total. The Bertz CT molecular complexity index is 1010. The number of hydrogen-bond donors (Lipinski definition) is 1. The second-order valence-electron chi connectivity index (χ2n) is 7.09. The summed E-state index contributed by atoms with van der Waals surface area (Å²) in [6.45, 7) is 4.12. The Hall–Kier alpha value is -2.99. The first-order chi connectivity index (χ1) is 14.3. The number of benzene rings is 2. The van der Waals surface area contributed by atoms with E-state index < -0.39 is 17.7 Å². The molecule has 1 unspecified atom stereocenters. The number of nitrogens with zero attached hydrogens (tertiary/aromatic N) is 1. The number of ketones is 1. The molecule has 7 heteroatoms. The highest BCUT2D eigenvalue weighted by Crippen LogP contribution is 2.42. The molecule has 6 nitrogen and oxygen atoms in total. The van der Waals surface area contributed by atoms with E-state index in [9.17, 15) is 14.7 Å². The van der Waals surface area contributed by atoms with Crippen molar-refractivity contribution < 1.29 is 24.2 Å². The lowest BCUT2D eigenvalue weighted by molar-refractivity contribution is -0.139. The van der Waals surface area contributed by atoms with Gasteiger partial charge in [0.1, 0.15) is 17.3 Å². The highest BCUT2D eigenvalue weighted by molar-refractivity contribution is 6.46. The topological polar surface area (TPSA) is 76.1 Å². The summed E-state index contributed by atoms with van der Waals surface area (Å²) in [5.41, 5.74) is 1.77. The van der Waals surface area contributed by atoms with Crippen LogP contribution in [0, 0.1) is 6.92 Å². The van der Waals surface area contributed by atoms with Crippen LogP contribution in [0.4, 0.5) is 0 Å². The molecule has 0 aromatic heterocycles. The number of aryl methyl sites for hydroxylation is 1. The maximum absolute atomic E-state index is 13.0. The number of aliphatic hydroxyl groups excluding tert-OH is 1. The zero-order chi connectivity index (χ0) is 22.0. The predicted octanol–water partition coefficient (Wildman–Crippen LogP) is 4.50. The lowest BCUT2D eigenvalue weighted by atomic mass is 9.94. The van der Waals surface area contributed by atoms with Crippen LogP contribution >= 0.6 is 11.6 Å². The fourth-order valence-corrected chi connectivity index (χ4v) is 4.09. The highest BCUT2D eigenvalue weighted by Gasteiger charge is 2.46. The summed E-state index contributed by atoms with van der Waals surface area (Å²) in [6, 6.07) is 9.74. The Morgan fingerprint density at radius 3 is 2.37 bits per heavy atom. The molecule has 0 saturated carbocycles. The molecule has 0 radical (unpaired) electrons. The van der Waals surface area contributed by atoms with Crippen LogP contribution in [0.25, 0.3) is 5.76 Å². The van der Waals surface area contributed by atoms with E-state index >= 15 is 0 Å². The van der Waals surface area contributed by atoms with E-state index in [1.807, 2.05) is 13.8 Å². The molecule has 2 aromatic rings. The molecule has 0 aliphatic carbocycles. The van der Waals surface area contributed by atoms with Crippen LogP contribution in [-0.4, -0.2) is 42.5 Å². The molecule has 3 rings (SSSR count). The first kappa shape index (κ1) is 21.7. The number of likely N-dealkylation sites (tertiary alicyclic amines) is 1. The van der Waals surface area contributed by atoms with Crippen LogP contribution in [0.2, 0.25) is 5.02 Å². The monoisotopic (exact) mass is 429 g/mol. The molecule has 0 spiro atoms. The predicted molar refractivity (Wildman–Crippen MR) is 115 cm³/mol. The first-order valence-corrected chi connectivity index (χ1v) is 9.98. The van der Waals surface area contributed by atoms with Crippen molar-refractivity contribution in [3.8, 4) is 11.5 Å². The minimum atomic E-state index is -0.735. The van der Waals surface area contributed by atoms with Gasteiger partial charge >= 0.3 is 0 Å². The van der Waals surface area contributed by atoms with E-state index in [0.717, 1.165) is 5.56 Å². The summed E-state index contributed by atoms with van der Waals surface area (Å²) in [7, 11) is 3.00. The molecule has 1 amide bonds. The normalized spacial score (nSPS) is 18.0. The van der Waals surface area contributed by atoms with Gasteiger partial charge < -0.3 is 19.5 Å². The van der Waals surface area contributed by atoms with Crippen molar-refractivity contribution in [1.29, 1.82) is 0 Å². The molecular formula is C23H24ClNO5. The lowest BCUT2D eigenvalue weighted by Gasteiger charge is -2.25. The van der Waals surface area contributed by atoms with Crippen LogP contribution in [-0.2, 0) is 9.59 Å². The third-order valence-corrected chi connectivity index (χ3v) is 5.36. The van der Waals surface area contributed by atoms with Gasteiger partial charge in [0, 0.05) is 6.54 Å². The Balaban J connectivity index is 2.25. The van der Waals surface area contributed by atoms with Crippen molar-refractivity contribution in [2.24, 2.45) is 0 Å². The summed E-state index contributed by atoms with van der Waals surface area (Å²) in [5, 5.41) is 11.5. The Morgan fingerprint density at radius 2 is 1.80 bits per heavy atom. The fraction of sp³-hybridized carbons (Fsp3) is 0.304. The van der Waals surface area contributed by atoms with Crippen molar-refractivity contribution in [1.82, 2.24) is 4.90 Å². The molecule has 1 heterocycles. The maximum Gasteiger partial charge on any atom is 0.295 e. The Kier molecular flexibility index (Phi) is 6.37. The van der Waals surface area contributed by atoms with E-state index in [1.165, 1.54) is 12.0 Å². The van der Waals surface area contributed by atoms with Gasteiger partial charge in [-0.1, -0.05) is 30.7 Å². The van der Waals surface area contributed by atoms with Crippen LogP contribution in [0.5, 0.6) is 11.5 Å². The summed E-state index contributed by atoms with van der Waals surface area (Å²) in [5.74, 6) is -0.790. The average molecular weight is 430 g/mol. The smallest absolute Gasteiger partial charge is 0.295 e. The summed E-state index contributed by atoms with van der Waals surface area (Å²) in [6.07, 6.45) is 0.666. The molecular weight excluding hydrogens is 406 g/mol. The van der Waals surface area contributed by atoms with E-state index in [1.54, 1.807) is 43.5 Å². The molecule has 0 bridgehead atoms. The van der Waals surface area contributed by atoms with E-state index in [0.29, 0.717) is 29.3 Å². The number of carbonyl (C=O) groups is 2. The number of methoxy groups -OCH3 is 2. The Morgan fingerprint density at radius 1 is 1.13 bits per heavy atom. The Labute approximate surface area is 180 Å². The van der Waals surface area contributed by atoms with Crippen molar-refractivity contribution in [2.45, 2.75) is 26.3 Å². The van der Waals surface area contributed by atoms with Gasteiger partial charge in [0.05, 0.1) is 36.4 Å². The maximum atomic E-state index is 13.0. The van der Waals surface area contributed by atoms with Gasteiger partial charge in [-0.2, -0.15) is 0 Å². The largest absolute Gasteiger partial charge is 0.507 e.